The Kier molecular flexibility index (Phi) is 5.59. The molecule has 0 saturated heterocycles. The maximum Gasteiger partial charge on any atom is 0.638 e. The predicted molar refractivity (Wildman–Crippen MR) is 64.8 cm³/mol. The van der Waals surface area contributed by atoms with Crippen LogP contribution in [0.15, 0.2) is 24.3 Å². The molecule has 0 amide bonds. The number of quaternary nitrogens is 1. The van der Waals surface area contributed by atoms with Gasteiger partial charge in [0.15, 0.2) is 0 Å². The monoisotopic (exact) mass is 254 g/mol. The van der Waals surface area contributed by atoms with Crippen LogP contribution < -0.4 is 10.8 Å². The molecular weight excluding hydrogens is 238 g/mol. The number of rotatable bonds is 7. The van der Waals surface area contributed by atoms with Gasteiger partial charge in [0, 0.05) is 17.8 Å². The highest BCUT2D eigenvalue weighted by atomic mass is 16.7. The summed E-state index contributed by atoms with van der Waals surface area (Å²) in [5.74, 6) is -0.259. The molecule has 0 bridgehead atoms. The lowest BCUT2D eigenvalue weighted by atomic mass is 10.3. The Morgan fingerprint density at radius 1 is 1.50 bits per heavy atom. The number of carbonyl (C=O) groups is 1. The van der Waals surface area contributed by atoms with Crippen LogP contribution in [-0.4, -0.2) is 24.0 Å². The number of anilines is 1. The summed E-state index contributed by atoms with van der Waals surface area (Å²) in [7, 11) is 0. The van der Waals surface area contributed by atoms with Gasteiger partial charge in [0.1, 0.15) is 13.0 Å². The van der Waals surface area contributed by atoms with Crippen LogP contribution in [-0.2, 0) is 9.63 Å². The number of carbonyl (C=O) groups excluding carboxylic acids is 1. The van der Waals surface area contributed by atoms with Crippen LogP contribution in [0.3, 0.4) is 0 Å². The lowest BCUT2D eigenvalue weighted by Gasteiger charge is -2.02. The fraction of sp³-hybridized carbons (Fsp3) is 0.364. The van der Waals surface area contributed by atoms with Crippen molar-refractivity contribution in [2.75, 3.05) is 18.4 Å². The third-order valence-corrected chi connectivity index (χ3v) is 2.17. The standard InChI is InChI=1S/C11H15N3O4/c1-2-11(15)18-13-8-7-12-9-3-5-10(6-4-9)14(16)17/h3-6,12-13H,2,7-8H2,1H3/q+1/p+1. The summed E-state index contributed by atoms with van der Waals surface area (Å²) in [4.78, 5) is 25.6. The van der Waals surface area contributed by atoms with Crippen molar-refractivity contribution in [2.45, 2.75) is 13.3 Å². The minimum Gasteiger partial charge on any atom is -0.379 e. The van der Waals surface area contributed by atoms with Gasteiger partial charge in [-0.3, -0.25) is 10.1 Å². The highest BCUT2D eigenvalue weighted by Gasteiger charge is 2.16. The van der Waals surface area contributed by atoms with Crippen LogP contribution in [0, 0.1) is 10.1 Å². The maximum absolute atomic E-state index is 10.8. The number of nitro groups is 1. The van der Waals surface area contributed by atoms with E-state index in [0.717, 1.165) is 5.69 Å². The number of nitrogens with one attached hydrogen (secondary N) is 1. The van der Waals surface area contributed by atoms with Gasteiger partial charge in [0.2, 0.25) is 0 Å². The number of hydrogen-bond donors (Lipinski definition) is 2. The highest BCUT2D eigenvalue weighted by molar-refractivity contribution is 5.67. The van der Waals surface area contributed by atoms with Gasteiger partial charge >= 0.3 is 5.97 Å². The average Bonchev–Trinajstić information content (AvgIpc) is 2.38. The quantitative estimate of drug-likeness (QED) is 0.318. The van der Waals surface area contributed by atoms with Crippen LogP contribution >= 0.6 is 0 Å². The predicted octanol–water partition coefficient (Wildman–Crippen LogP) is 0.438. The molecule has 0 atom stereocenters. The molecule has 0 saturated carbocycles. The average molecular weight is 254 g/mol. The first kappa shape index (κ1) is 13.9. The zero-order valence-corrected chi connectivity index (χ0v) is 10.1. The summed E-state index contributed by atoms with van der Waals surface area (Å²) in [5.41, 5.74) is 2.30. The van der Waals surface area contributed by atoms with Crippen molar-refractivity contribution in [3.05, 3.63) is 34.4 Å². The van der Waals surface area contributed by atoms with E-state index in [0.29, 0.717) is 19.5 Å². The number of nitrogens with zero attached hydrogens (tertiary/aromatic N) is 1. The molecule has 18 heavy (non-hydrogen) atoms. The maximum atomic E-state index is 10.8. The lowest BCUT2D eigenvalue weighted by molar-refractivity contribution is -0.870. The number of hydrogen-bond acceptors (Lipinski definition) is 5. The van der Waals surface area contributed by atoms with Crippen LogP contribution in [0.1, 0.15) is 13.3 Å². The topological polar surface area (TPSA) is 101 Å². The normalized spacial score (nSPS) is 9.83. The summed E-state index contributed by atoms with van der Waals surface area (Å²) in [6.45, 7) is 2.89. The summed E-state index contributed by atoms with van der Waals surface area (Å²) in [5, 5.41) is 13.5. The molecule has 0 spiro atoms. The molecule has 7 nitrogen and oxygen atoms in total. The zero-order chi connectivity index (χ0) is 13.4. The second kappa shape index (κ2) is 7.23. The summed E-state index contributed by atoms with van der Waals surface area (Å²) >= 11 is 0. The molecule has 1 radical (unpaired) electrons. The third-order valence-electron chi connectivity index (χ3n) is 2.17. The van der Waals surface area contributed by atoms with Crippen molar-refractivity contribution in [1.82, 2.24) is 0 Å². The summed E-state index contributed by atoms with van der Waals surface area (Å²) in [6.07, 6.45) is 0.353. The largest absolute Gasteiger partial charge is 0.638 e. The Morgan fingerprint density at radius 3 is 2.72 bits per heavy atom. The smallest absolute Gasteiger partial charge is 0.379 e. The van der Waals surface area contributed by atoms with E-state index in [-0.39, 0.29) is 11.7 Å². The summed E-state index contributed by atoms with van der Waals surface area (Å²) < 4.78 is 0. The van der Waals surface area contributed by atoms with E-state index in [9.17, 15) is 14.9 Å². The molecule has 0 fully saturated rings. The van der Waals surface area contributed by atoms with Gasteiger partial charge in [-0.25, -0.2) is 0 Å². The van der Waals surface area contributed by atoms with Crippen molar-refractivity contribution in [1.29, 1.82) is 0 Å². The van der Waals surface area contributed by atoms with Crippen molar-refractivity contribution in [3.63, 3.8) is 0 Å². The molecule has 1 rings (SSSR count). The first-order valence-electron chi connectivity index (χ1n) is 5.63. The molecule has 0 aliphatic rings. The van der Waals surface area contributed by atoms with E-state index in [4.69, 9.17) is 4.84 Å². The van der Waals surface area contributed by atoms with Crippen LogP contribution in [0.25, 0.3) is 0 Å². The Morgan fingerprint density at radius 2 is 2.17 bits per heavy atom. The molecule has 7 heteroatoms. The van der Waals surface area contributed by atoms with Crippen molar-refractivity contribution in [3.8, 4) is 0 Å². The van der Waals surface area contributed by atoms with E-state index in [1.54, 1.807) is 19.1 Å². The van der Waals surface area contributed by atoms with E-state index in [1.165, 1.54) is 17.6 Å². The first-order valence-corrected chi connectivity index (χ1v) is 5.63. The van der Waals surface area contributed by atoms with Gasteiger partial charge in [-0.1, -0.05) is 10.3 Å². The Labute approximate surface area is 104 Å². The lowest BCUT2D eigenvalue weighted by Crippen LogP contribution is -2.85. The molecule has 0 unspecified atom stereocenters. The van der Waals surface area contributed by atoms with Crippen molar-refractivity contribution in [2.24, 2.45) is 0 Å². The second-order valence-electron chi connectivity index (χ2n) is 3.53. The molecule has 97 valence electrons. The molecule has 0 heterocycles. The first-order chi connectivity index (χ1) is 8.63. The number of nitrogens with two attached hydrogens (primary N) is 1. The minimum atomic E-state index is -0.443. The van der Waals surface area contributed by atoms with E-state index < -0.39 is 4.92 Å². The molecule has 0 aliphatic heterocycles. The highest BCUT2D eigenvalue weighted by Crippen LogP contribution is 2.14. The van der Waals surface area contributed by atoms with E-state index >= 15 is 0 Å². The van der Waals surface area contributed by atoms with Crippen LogP contribution in [0.2, 0.25) is 0 Å². The zero-order valence-electron chi connectivity index (χ0n) is 10.1. The number of benzene rings is 1. The van der Waals surface area contributed by atoms with Gasteiger partial charge < -0.3 is 5.32 Å². The molecule has 0 aromatic heterocycles. The Hall–Kier alpha value is -2.15. The minimum absolute atomic E-state index is 0.0592. The third kappa shape index (κ3) is 4.79. The molecule has 1 aromatic rings. The number of non-ortho nitro benzene ring substituents is 1. The fourth-order valence-electron chi connectivity index (χ4n) is 1.21. The van der Waals surface area contributed by atoms with Gasteiger partial charge in [-0.05, 0) is 19.1 Å². The van der Waals surface area contributed by atoms with Gasteiger partial charge in [0.05, 0.1) is 16.3 Å². The molecular formula is C11H16N3O4+2. The second-order valence-corrected chi connectivity index (χ2v) is 3.53. The van der Waals surface area contributed by atoms with Crippen LogP contribution in [0.5, 0.6) is 0 Å². The Balaban J connectivity index is 2.23. The van der Waals surface area contributed by atoms with E-state index in [2.05, 4.69) is 5.32 Å². The number of hydroxylamine groups is 1. The SMILES string of the molecule is CCC(=[O+])O[NH2+]CCNc1ccc([N+](=O)[O-])cc1. The van der Waals surface area contributed by atoms with Crippen LogP contribution in [0.4, 0.5) is 11.4 Å². The summed E-state index contributed by atoms with van der Waals surface area (Å²) in [6, 6.07) is 6.14. The van der Waals surface area contributed by atoms with Gasteiger partial charge in [-0.2, -0.15) is 0 Å². The van der Waals surface area contributed by atoms with Crippen molar-refractivity contribution < 1.29 is 20.0 Å². The van der Waals surface area contributed by atoms with Gasteiger partial charge in [-0.15, -0.1) is 0 Å². The molecule has 1 aromatic carbocycles. The Bertz CT molecular complexity index is 405. The molecule has 3 N–H and O–H groups in total. The number of nitro benzene ring substituents is 1. The molecule has 0 aliphatic carbocycles. The van der Waals surface area contributed by atoms with Crippen molar-refractivity contribution >= 4 is 17.3 Å². The van der Waals surface area contributed by atoms with Gasteiger partial charge in [0.25, 0.3) is 5.69 Å². The fourth-order valence-corrected chi connectivity index (χ4v) is 1.21. The van der Waals surface area contributed by atoms with E-state index in [1.807, 2.05) is 0 Å².